The number of carbonyl (C=O) groups is 1. The van der Waals surface area contributed by atoms with Gasteiger partial charge in [0.15, 0.2) is 0 Å². The van der Waals surface area contributed by atoms with E-state index in [1.54, 1.807) is 42.7 Å². The van der Waals surface area contributed by atoms with Crippen molar-refractivity contribution in [2.24, 2.45) is 0 Å². The second-order valence-electron chi connectivity index (χ2n) is 5.23. The van der Waals surface area contributed by atoms with Gasteiger partial charge in [-0.15, -0.1) is 0 Å². The zero-order valence-electron chi connectivity index (χ0n) is 13.0. The highest BCUT2D eigenvalue weighted by Gasteiger charge is 2.07. The molecule has 7 heteroatoms. The van der Waals surface area contributed by atoms with Crippen LogP contribution in [0.5, 0.6) is 0 Å². The number of halogens is 2. The lowest BCUT2D eigenvalue weighted by molar-refractivity contribution is 0.0950. The van der Waals surface area contributed by atoms with E-state index in [0.29, 0.717) is 33.7 Å². The normalized spacial score (nSPS) is 10.3. The molecule has 3 rings (SSSR count). The summed E-state index contributed by atoms with van der Waals surface area (Å²) in [5.41, 5.74) is 2.09. The van der Waals surface area contributed by atoms with Gasteiger partial charge in [-0.1, -0.05) is 29.3 Å². The molecule has 0 unspecified atom stereocenters. The van der Waals surface area contributed by atoms with Gasteiger partial charge in [-0.2, -0.15) is 0 Å². The predicted molar refractivity (Wildman–Crippen MR) is 99.4 cm³/mol. The van der Waals surface area contributed by atoms with Gasteiger partial charge in [0.05, 0.1) is 16.3 Å². The third kappa shape index (κ3) is 4.68. The molecule has 126 valence electrons. The van der Waals surface area contributed by atoms with Gasteiger partial charge in [-0.05, 0) is 42.0 Å². The van der Waals surface area contributed by atoms with Crippen LogP contribution in [0.2, 0.25) is 10.0 Å². The molecule has 0 atom stereocenters. The Kier molecular flexibility index (Phi) is 5.48. The number of aromatic nitrogens is 2. The van der Waals surface area contributed by atoms with Crippen molar-refractivity contribution < 1.29 is 4.79 Å². The molecule has 0 aliphatic heterocycles. The van der Waals surface area contributed by atoms with Gasteiger partial charge in [-0.25, -0.2) is 4.98 Å². The lowest BCUT2D eigenvalue weighted by Crippen LogP contribution is -2.22. The predicted octanol–water partition coefficient (Wildman–Crippen LogP) is 4.46. The topological polar surface area (TPSA) is 66.9 Å². The molecule has 0 spiro atoms. The summed E-state index contributed by atoms with van der Waals surface area (Å²) in [7, 11) is 0. The summed E-state index contributed by atoms with van der Waals surface area (Å²) in [4.78, 5) is 20.4. The summed E-state index contributed by atoms with van der Waals surface area (Å²) in [6.45, 7) is 0.410. The van der Waals surface area contributed by atoms with Gasteiger partial charge in [0, 0.05) is 30.2 Å². The minimum atomic E-state index is -0.201. The lowest BCUT2D eigenvalue weighted by Gasteiger charge is -2.09. The second kappa shape index (κ2) is 7.96. The van der Waals surface area contributed by atoms with Crippen molar-refractivity contribution in [1.29, 1.82) is 0 Å². The van der Waals surface area contributed by atoms with E-state index in [2.05, 4.69) is 20.6 Å². The Hall–Kier alpha value is -2.63. The fourth-order valence-electron chi connectivity index (χ4n) is 2.12. The summed E-state index contributed by atoms with van der Waals surface area (Å²) in [6, 6.07) is 12.3. The van der Waals surface area contributed by atoms with Crippen LogP contribution in [-0.2, 0) is 6.54 Å². The number of carbonyl (C=O) groups excluding carboxylic acids is 1. The molecule has 0 bridgehead atoms. The van der Waals surface area contributed by atoms with Gasteiger partial charge in [0.25, 0.3) is 5.91 Å². The maximum atomic E-state index is 12.2. The number of rotatable bonds is 5. The van der Waals surface area contributed by atoms with Crippen molar-refractivity contribution in [2.45, 2.75) is 6.54 Å². The number of anilines is 2. The maximum Gasteiger partial charge on any atom is 0.253 e. The molecule has 3 aromatic rings. The van der Waals surface area contributed by atoms with E-state index in [1.807, 2.05) is 12.1 Å². The minimum Gasteiger partial charge on any atom is -0.348 e. The molecule has 0 saturated carbocycles. The summed E-state index contributed by atoms with van der Waals surface area (Å²) in [5, 5.41) is 6.96. The number of benzene rings is 1. The minimum absolute atomic E-state index is 0.201. The first-order valence-electron chi connectivity index (χ1n) is 7.47. The number of pyridine rings is 2. The van der Waals surface area contributed by atoms with Crippen molar-refractivity contribution in [3.8, 4) is 0 Å². The lowest BCUT2D eigenvalue weighted by atomic mass is 10.2. The van der Waals surface area contributed by atoms with Crippen LogP contribution >= 0.6 is 23.2 Å². The van der Waals surface area contributed by atoms with Crippen molar-refractivity contribution in [2.75, 3.05) is 5.32 Å². The Morgan fingerprint density at radius 1 is 1.08 bits per heavy atom. The van der Waals surface area contributed by atoms with E-state index in [4.69, 9.17) is 23.2 Å². The van der Waals surface area contributed by atoms with Gasteiger partial charge < -0.3 is 10.6 Å². The highest BCUT2D eigenvalue weighted by atomic mass is 35.5. The van der Waals surface area contributed by atoms with Crippen molar-refractivity contribution in [3.63, 3.8) is 0 Å². The first-order valence-corrected chi connectivity index (χ1v) is 8.22. The monoisotopic (exact) mass is 372 g/mol. The molecule has 0 fully saturated rings. The summed E-state index contributed by atoms with van der Waals surface area (Å²) in [6.07, 6.45) is 4.90. The molecule has 2 N–H and O–H groups in total. The summed E-state index contributed by atoms with van der Waals surface area (Å²) in [5.74, 6) is 0.375. The zero-order chi connectivity index (χ0) is 17.6. The van der Waals surface area contributed by atoms with E-state index >= 15 is 0 Å². The molecule has 5 nitrogen and oxygen atoms in total. The van der Waals surface area contributed by atoms with E-state index < -0.39 is 0 Å². The van der Waals surface area contributed by atoms with Crippen LogP contribution in [-0.4, -0.2) is 15.9 Å². The zero-order valence-corrected chi connectivity index (χ0v) is 14.6. The molecule has 0 aliphatic rings. The summed E-state index contributed by atoms with van der Waals surface area (Å²) < 4.78 is 0. The third-order valence-corrected chi connectivity index (χ3v) is 3.94. The van der Waals surface area contributed by atoms with Gasteiger partial charge in [0.2, 0.25) is 0 Å². The molecule has 2 aromatic heterocycles. The van der Waals surface area contributed by atoms with E-state index in [1.165, 1.54) is 6.20 Å². The van der Waals surface area contributed by atoms with E-state index in [9.17, 15) is 4.79 Å². The van der Waals surface area contributed by atoms with Gasteiger partial charge in [0.1, 0.15) is 5.82 Å². The molecule has 0 aliphatic carbocycles. The standard InChI is InChI=1S/C18H14Cl2N4O/c19-14-4-5-16(15(20)8-14)24-17-6-3-13(11-22-17)18(25)23-10-12-2-1-7-21-9-12/h1-9,11H,10H2,(H,22,24)(H,23,25). The largest absolute Gasteiger partial charge is 0.348 e. The van der Waals surface area contributed by atoms with Crippen LogP contribution in [0.3, 0.4) is 0 Å². The Bertz CT molecular complexity index is 870. The Morgan fingerprint density at radius 3 is 2.64 bits per heavy atom. The van der Waals surface area contributed by atoms with E-state index in [0.717, 1.165) is 5.56 Å². The Balaban J connectivity index is 1.62. The molecular weight excluding hydrogens is 359 g/mol. The second-order valence-corrected chi connectivity index (χ2v) is 6.07. The van der Waals surface area contributed by atoms with Gasteiger partial charge >= 0.3 is 0 Å². The first kappa shape index (κ1) is 17.2. The van der Waals surface area contributed by atoms with Crippen molar-refractivity contribution in [1.82, 2.24) is 15.3 Å². The molecule has 0 radical (unpaired) electrons. The van der Waals surface area contributed by atoms with Crippen LogP contribution in [0.25, 0.3) is 0 Å². The maximum absolute atomic E-state index is 12.2. The number of amides is 1. The van der Waals surface area contributed by atoms with Gasteiger partial charge in [-0.3, -0.25) is 9.78 Å². The molecule has 25 heavy (non-hydrogen) atoms. The third-order valence-electron chi connectivity index (χ3n) is 3.40. The highest BCUT2D eigenvalue weighted by molar-refractivity contribution is 6.36. The van der Waals surface area contributed by atoms with Crippen molar-refractivity contribution in [3.05, 3.63) is 82.2 Å². The summed E-state index contributed by atoms with van der Waals surface area (Å²) >= 11 is 12.0. The quantitative estimate of drug-likeness (QED) is 0.693. The first-order chi connectivity index (χ1) is 12.1. The SMILES string of the molecule is O=C(NCc1cccnc1)c1ccc(Nc2ccc(Cl)cc2Cl)nc1. The van der Waals surface area contributed by atoms with Crippen molar-refractivity contribution >= 4 is 40.6 Å². The smallest absolute Gasteiger partial charge is 0.253 e. The van der Waals surface area contributed by atoms with Crippen LogP contribution < -0.4 is 10.6 Å². The molecule has 1 amide bonds. The number of hydrogen-bond donors (Lipinski definition) is 2. The van der Waals surface area contributed by atoms with Crippen LogP contribution in [0.1, 0.15) is 15.9 Å². The molecule has 2 heterocycles. The number of hydrogen-bond acceptors (Lipinski definition) is 4. The fourth-order valence-corrected chi connectivity index (χ4v) is 2.57. The number of nitrogens with zero attached hydrogens (tertiary/aromatic N) is 2. The molecule has 0 saturated heterocycles. The molecule has 1 aromatic carbocycles. The average Bonchev–Trinajstić information content (AvgIpc) is 2.63. The molecular formula is C18H14Cl2N4O. The van der Waals surface area contributed by atoms with E-state index in [-0.39, 0.29) is 5.91 Å². The van der Waals surface area contributed by atoms with Crippen LogP contribution in [0, 0.1) is 0 Å². The average molecular weight is 373 g/mol. The van der Waals surface area contributed by atoms with Crippen LogP contribution in [0.4, 0.5) is 11.5 Å². The Labute approximate surface area is 155 Å². The Morgan fingerprint density at radius 2 is 1.96 bits per heavy atom. The highest BCUT2D eigenvalue weighted by Crippen LogP contribution is 2.27. The fraction of sp³-hybridized carbons (Fsp3) is 0.0556. The van der Waals surface area contributed by atoms with Crippen LogP contribution in [0.15, 0.2) is 61.1 Å². The number of nitrogens with one attached hydrogen (secondary N) is 2.